The van der Waals surface area contributed by atoms with Crippen LogP contribution in [-0.2, 0) is 29.2 Å². The molecule has 2 rings (SSSR count). The Morgan fingerprint density at radius 2 is 1.78 bits per heavy atom. The van der Waals surface area contributed by atoms with Crippen molar-refractivity contribution in [3.05, 3.63) is 34.3 Å². The summed E-state index contributed by atoms with van der Waals surface area (Å²) in [6.07, 6.45) is -0.649. The highest BCUT2D eigenvalue weighted by molar-refractivity contribution is 9.10. The Morgan fingerprint density at radius 1 is 1.15 bits per heavy atom. The van der Waals surface area contributed by atoms with E-state index in [2.05, 4.69) is 15.9 Å². The number of carbonyl (C=O) groups excluding carboxylic acids is 3. The zero-order valence-corrected chi connectivity index (χ0v) is 17.7. The van der Waals surface area contributed by atoms with Crippen molar-refractivity contribution in [1.29, 1.82) is 0 Å². The van der Waals surface area contributed by atoms with Gasteiger partial charge in [0.15, 0.2) is 0 Å². The van der Waals surface area contributed by atoms with Crippen molar-refractivity contribution in [2.24, 2.45) is 0 Å². The van der Waals surface area contributed by atoms with Crippen LogP contribution in [0, 0.1) is 0 Å². The SMILES string of the molecule is COC(=O)C1CC(C(=O)OC)(c2ccccc2Br)CN1C(=O)OC(C)(C)C. The van der Waals surface area contributed by atoms with Gasteiger partial charge >= 0.3 is 18.0 Å². The number of carbonyl (C=O) groups is 3. The second-order valence-electron chi connectivity index (χ2n) is 7.40. The third kappa shape index (κ3) is 4.26. The first-order chi connectivity index (χ1) is 12.6. The van der Waals surface area contributed by atoms with Crippen molar-refractivity contribution in [3.8, 4) is 0 Å². The van der Waals surface area contributed by atoms with Gasteiger partial charge in [-0.25, -0.2) is 9.59 Å². The average Bonchev–Trinajstić information content (AvgIpc) is 3.01. The molecule has 1 aliphatic rings. The van der Waals surface area contributed by atoms with Gasteiger partial charge in [0.05, 0.1) is 14.2 Å². The summed E-state index contributed by atoms with van der Waals surface area (Å²) in [5.74, 6) is -1.15. The number of ether oxygens (including phenoxy) is 3. The Hall–Kier alpha value is -2.09. The lowest BCUT2D eigenvalue weighted by molar-refractivity contribution is -0.147. The quantitative estimate of drug-likeness (QED) is 0.529. The molecule has 1 heterocycles. The summed E-state index contributed by atoms with van der Waals surface area (Å²) in [7, 11) is 2.52. The van der Waals surface area contributed by atoms with Gasteiger partial charge in [-0.15, -0.1) is 0 Å². The van der Waals surface area contributed by atoms with E-state index in [0.29, 0.717) is 10.0 Å². The first kappa shape index (κ1) is 21.2. The van der Waals surface area contributed by atoms with Crippen LogP contribution in [0.3, 0.4) is 0 Å². The van der Waals surface area contributed by atoms with Crippen molar-refractivity contribution in [1.82, 2.24) is 4.90 Å². The Kier molecular flexibility index (Phi) is 6.19. The average molecular weight is 442 g/mol. The van der Waals surface area contributed by atoms with E-state index in [4.69, 9.17) is 14.2 Å². The van der Waals surface area contributed by atoms with E-state index in [1.165, 1.54) is 19.1 Å². The molecule has 27 heavy (non-hydrogen) atoms. The first-order valence-corrected chi connectivity index (χ1v) is 9.26. The van der Waals surface area contributed by atoms with Crippen LogP contribution >= 0.6 is 15.9 Å². The van der Waals surface area contributed by atoms with Crippen molar-refractivity contribution in [2.45, 2.75) is 44.2 Å². The molecular weight excluding hydrogens is 418 g/mol. The number of rotatable bonds is 3. The lowest BCUT2D eigenvalue weighted by Crippen LogP contribution is -2.45. The standard InChI is InChI=1S/C19H24BrNO6/c1-18(2,3)27-17(24)21-11-19(16(23)26-5,10-14(21)15(22)25-4)12-8-6-7-9-13(12)20/h6-9,14H,10-11H2,1-5H3. The van der Waals surface area contributed by atoms with Gasteiger partial charge in [-0.05, 0) is 32.4 Å². The number of amides is 1. The summed E-state index contributed by atoms with van der Waals surface area (Å²) < 4.78 is 16.0. The molecule has 148 valence electrons. The number of hydrogen-bond donors (Lipinski definition) is 0. The number of likely N-dealkylation sites (tertiary alicyclic amines) is 1. The van der Waals surface area contributed by atoms with E-state index in [1.807, 2.05) is 6.07 Å². The van der Waals surface area contributed by atoms with Crippen LogP contribution in [-0.4, -0.2) is 55.3 Å². The molecule has 0 radical (unpaired) electrons. The largest absolute Gasteiger partial charge is 0.468 e. The van der Waals surface area contributed by atoms with Crippen LogP contribution in [0.15, 0.2) is 28.7 Å². The minimum Gasteiger partial charge on any atom is -0.468 e. The number of nitrogens with zero attached hydrogens (tertiary/aromatic N) is 1. The molecule has 2 unspecified atom stereocenters. The molecule has 1 amide bonds. The molecule has 1 aliphatic heterocycles. The second kappa shape index (κ2) is 7.88. The zero-order chi connectivity index (χ0) is 20.4. The van der Waals surface area contributed by atoms with E-state index in [0.717, 1.165) is 0 Å². The third-order valence-corrected chi connectivity index (χ3v) is 5.12. The predicted octanol–water partition coefficient (Wildman–Crippen LogP) is 3.04. The Morgan fingerprint density at radius 3 is 2.30 bits per heavy atom. The van der Waals surface area contributed by atoms with E-state index < -0.39 is 35.1 Å². The molecule has 7 nitrogen and oxygen atoms in total. The summed E-state index contributed by atoms with van der Waals surface area (Å²) in [5.41, 5.74) is -1.33. The van der Waals surface area contributed by atoms with Gasteiger partial charge in [0.2, 0.25) is 0 Å². The van der Waals surface area contributed by atoms with Crippen molar-refractivity contribution in [3.63, 3.8) is 0 Å². The van der Waals surface area contributed by atoms with Crippen molar-refractivity contribution >= 4 is 34.0 Å². The molecule has 1 aromatic carbocycles. The van der Waals surface area contributed by atoms with Gasteiger partial charge in [-0.3, -0.25) is 9.69 Å². The molecule has 0 N–H and O–H groups in total. The molecule has 1 fully saturated rings. The van der Waals surface area contributed by atoms with E-state index in [-0.39, 0.29) is 13.0 Å². The molecule has 0 saturated carbocycles. The third-order valence-electron chi connectivity index (χ3n) is 4.43. The monoisotopic (exact) mass is 441 g/mol. The van der Waals surface area contributed by atoms with E-state index in [1.54, 1.807) is 39.0 Å². The maximum absolute atomic E-state index is 12.8. The van der Waals surface area contributed by atoms with Crippen molar-refractivity contribution < 1.29 is 28.6 Å². The lowest BCUT2D eigenvalue weighted by atomic mass is 9.78. The number of methoxy groups -OCH3 is 2. The van der Waals surface area contributed by atoms with E-state index in [9.17, 15) is 14.4 Å². The lowest BCUT2D eigenvalue weighted by Gasteiger charge is -2.29. The molecule has 1 saturated heterocycles. The molecule has 0 bridgehead atoms. The first-order valence-electron chi connectivity index (χ1n) is 8.46. The predicted molar refractivity (Wildman–Crippen MR) is 101 cm³/mol. The second-order valence-corrected chi connectivity index (χ2v) is 8.26. The van der Waals surface area contributed by atoms with Gasteiger partial charge in [-0.2, -0.15) is 0 Å². The highest BCUT2D eigenvalue weighted by atomic mass is 79.9. The summed E-state index contributed by atoms with van der Waals surface area (Å²) in [5, 5.41) is 0. The number of benzene rings is 1. The maximum Gasteiger partial charge on any atom is 0.411 e. The van der Waals surface area contributed by atoms with E-state index >= 15 is 0 Å². The molecule has 8 heteroatoms. The van der Waals surface area contributed by atoms with Crippen LogP contribution in [0.5, 0.6) is 0 Å². The van der Waals surface area contributed by atoms with Crippen LogP contribution < -0.4 is 0 Å². The summed E-state index contributed by atoms with van der Waals surface area (Å²) in [6.45, 7) is 5.14. The zero-order valence-electron chi connectivity index (χ0n) is 16.1. The highest BCUT2D eigenvalue weighted by Crippen LogP contribution is 2.43. The Bertz CT molecular complexity index is 744. The molecule has 0 aromatic heterocycles. The Labute approximate surface area is 167 Å². The van der Waals surface area contributed by atoms with Gasteiger partial charge < -0.3 is 14.2 Å². The molecule has 0 spiro atoms. The van der Waals surface area contributed by atoms with Gasteiger partial charge in [-0.1, -0.05) is 34.1 Å². The van der Waals surface area contributed by atoms with Crippen molar-refractivity contribution in [2.75, 3.05) is 20.8 Å². The molecule has 1 aromatic rings. The molecular formula is C19H24BrNO6. The van der Waals surface area contributed by atoms with Gasteiger partial charge in [0.1, 0.15) is 17.1 Å². The molecule has 2 atom stereocenters. The number of hydrogen-bond acceptors (Lipinski definition) is 6. The number of halogens is 1. The fraction of sp³-hybridized carbons (Fsp3) is 0.526. The minimum absolute atomic E-state index is 0.0359. The fourth-order valence-electron chi connectivity index (χ4n) is 3.26. The van der Waals surface area contributed by atoms with Crippen LogP contribution in [0.4, 0.5) is 4.79 Å². The highest BCUT2D eigenvalue weighted by Gasteiger charge is 2.56. The summed E-state index contributed by atoms with van der Waals surface area (Å²) in [6, 6.07) is 6.21. The fourth-order valence-corrected chi connectivity index (χ4v) is 3.93. The van der Waals surface area contributed by atoms with Crippen LogP contribution in [0.25, 0.3) is 0 Å². The summed E-state index contributed by atoms with van der Waals surface area (Å²) in [4.78, 5) is 39.2. The topological polar surface area (TPSA) is 82.1 Å². The normalized spacial score (nSPS) is 22.3. The summed E-state index contributed by atoms with van der Waals surface area (Å²) >= 11 is 3.46. The van der Waals surface area contributed by atoms with Crippen LogP contribution in [0.1, 0.15) is 32.8 Å². The minimum atomic E-state index is -1.22. The van der Waals surface area contributed by atoms with Crippen LogP contribution in [0.2, 0.25) is 0 Å². The smallest absolute Gasteiger partial charge is 0.411 e. The van der Waals surface area contributed by atoms with Gasteiger partial charge in [0.25, 0.3) is 0 Å². The molecule has 0 aliphatic carbocycles. The van der Waals surface area contributed by atoms with Gasteiger partial charge in [0, 0.05) is 17.4 Å². The Balaban J connectivity index is 2.54. The maximum atomic E-state index is 12.8. The number of esters is 2.